The van der Waals surface area contributed by atoms with Crippen LogP contribution in [0.25, 0.3) is 11.3 Å². The average molecular weight is 371 g/mol. The third-order valence-electron chi connectivity index (χ3n) is 4.76. The number of hydrogen-bond donors (Lipinski definition) is 1. The van der Waals surface area contributed by atoms with E-state index in [0.29, 0.717) is 18.1 Å². The van der Waals surface area contributed by atoms with Crippen molar-refractivity contribution in [2.75, 3.05) is 7.11 Å². The molecule has 6 heteroatoms. The van der Waals surface area contributed by atoms with Gasteiger partial charge < -0.3 is 15.0 Å². The maximum absolute atomic E-state index is 14.3. The molecule has 3 aromatic rings. The summed E-state index contributed by atoms with van der Waals surface area (Å²) in [6, 6.07) is 12.6. The average Bonchev–Trinajstić information content (AvgIpc) is 3.07. The second-order valence-corrected chi connectivity index (χ2v) is 7.01. The number of aromatic nitrogens is 2. The van der Waals surface area contributed by atoms with Crippen molar-refractivity contribution in [3.8, 4) is 11.3 Å². The molecule has 0 bridgehead atoms. The summed E-state index contributed by atoms with van der Waals surface area (Å²) < 4.78 is 35.3. The van der Waals surface area contributed by atoms with Crippen LogP contribution in [0.2, 0.25) is 0 Å². The first kappa shape index (κ1) is 19.2. The molecule has 1 heterocycles. The minimum absolute atomic E-state index is 0.102. The molecule has 0 spiro atoms. The number of benzene rings is 2. The van der Waals surface area contributed by atoms with Crippen molar-refractivity contribution < 1.29 is 13.5 Å². The van der Waals surface area contributed by atoms with Crippen LogP contribution in [0.15, 0.2) is 54.7 Å². The second kappa shape index (κ2) is 7.58. The Morgan fingerprint density at radius 2 is 1.85 bits per heavy atom. The number of nitrogens with two attached hydrogens (primary N) is 1. The fourth-order valence-corrected chi connectivity index (χ4v) is 2.85. The van der Waals surface area contributed by atoms with Gasteiger partial charge in [-0.05, 0) is 37.6 Å². The Balaban J connectivity index is 2.09. The van der Waals surface area contributed by atoms with Crippen LogP contribution in [0.4, 0.5) is 8.78 Å². The molecule has 0 saturated carbocycles. The van der Waals surface area contributed by atoms with E-state index in [1.807, 2.05) is 48.7 Å². The zero-order valence-corrected chi connectivity index (χ0v) is 15.6. The summed E-state index contributed by atoms with van der Waals surface area (Å²) in [5.41, 5.74) is 7.22. The molecule has 2 aromatic carbocycles. The molecule has 0 radical (unpaired) electrons. The van der Waals surface area contributed by atoms with Crippen LogP contribution in [-0.4, -0.2) is 22.3 Å². The van der Waals surface area contributed by atoms with Crippen LogP contribution in [-0.2, 0) is 11.3 Å². The van der Waals surface area contributed by atoms with Crippen LogP contribution in [0.5, 0.6) is 0 Å². The van der Waals surface area contributed by atoms with Crippen LogP contribution < -0.4 is 5.73 Å². The summed E-state index contributed by atoms with van der Waals surface area (Å²) >= 11 is 0. The molecule has 4 nitrogen and oxygen atoms in total. The highest BCUT2D eigenvalue weighted by atomic mass is 19.1. The van der Waals surface area contributed by atoms with Crippen LogP contribution in [0, 0.1) is 11.6 Å². The Hall–Kier alpha value is -2.57. The van der Waals surface area contributed by atoms with Gasteiger partial charge in [0.2, 0.25) is 0 Å². The van der Waals surface area contributed by atoms with Crippen molar-refractivity contribution >= 4 is 0 Å². The first-order valence-corrected chi connectivity index (χ1v) is 8.69. The van der Waals surface area contributed by atoms with Gasteiger partial charge in [-0.25, -0.2) is 13.8 Å². The molecule has 2 N–H and O–H groups in total. The summed E-state index contributed by atoms with van der Waals surface area (Å²) in [6.45, 7) is 4.23. The molecule has 0 saturated heterocycles. The molecule has 1 atom stereocenters. The normalized spacial score (nSPS) is 13.0. The van der Waals surface area contributed by atoms with Gasteiger partial charge in [-0.15, -0.1) is 0 Å². The van der Waals surface area contributed by atoms with Gasteiger partial charge in [0.25, 0.3) is 0 Å². The fraction of sp³-hybridized carbons (Fsp3) is 0.286. The molecule has 0 amide bonds. The molecule has 1 aromatic heterocycles. The van der Waals surface area contributed by atoms with E-state index >= 15 is 0 Å². The third-order valence-corrected chi connectivity index (χ3v) is 4.76. The predicted octanol–water partition coefficient (Wildman–Crippen LogP) is 4.30. The second-order valence-electron chi connectivity index (χ2n) is 7.01. The van der Waals surface area contributed by atoms with E-state index in [-0.39, 0.29) is 5.56 Å². The Morgan fingerprint density at radius 1 is 1.15 bits per heavy atom. The van der Waals surface area contributed by atoms with Gasteiger partial charge in [0, 0.05) is 25.4 Å². The maximum Gasteiger partial charge on any atom is 0.132 e. The zero-order chi connectivity index (χ0) is 19.6. The van der Waals surface area contributed by atoms with Crippen molar-refractivity contribution in [1.82, 2.24) is 9.55 Å². The Morgan fingerprint density at radius 3 is 2.52 bits per heavy atom. The van der Waals surface area contributed by atoms with Crippen LogP contribution in [0.1, 0.15) is 31.3 Å². The van der Waals surface area contributed by atoms with Crippen LogP contribution >= 0.6 is 0 Å². The first-order chi connectivity index (χ1) is 12.8. The number of rotatable bonds is 6. The van der Waals surface area contributed by atoms with E-state index < -0.39 is 23.3 Å². The summed E-state index contributed by atoms with van der Waals surface area (Å²) in [5.74, 6) is -0.511. The Labute approximate surface area is 157 Å². The highest BCUT2D eigenvalue weighted by molar-refractivity contribution is 5.59. The van der Waals surface area contributed by atoms with E-state index in [9.17, 15) is 8.78 Å². The van der Waals surface area contributed by atoms with Crippen molar-refractivity contribution in [1.29, 1.82) is 0 Å². The number of imidazole rings is 1. The molecule has 142 valence electrons. The smallest absolute Gasteiger partial charge is 0.132 e. The van der Waals surface area contributed by atoms with E-state index in [2.05, 4.69) is 4.98 Å². The van der Waals surface area contributed by atoms with Gasteiger partial charge in [-0.1, -0.05) is 30.3 Å². The molecule has 3 rings (SSSR count). The van der Waals surface area contributed by atoms with Crippen molar-refractivity contribution in [3.05, 3.63) is 77.8 Å². The standard InChI is InChI=1S/C21H23F2N3O/c1-21(2,27-3)19(24)20-25-18(16-11-15(22)9-10-17(16)23)13-26(20)12-14-7-5-4-6-8-14/h4-11,13,19H,12,24H2,1-3H3/t19-/m0/s1. The molecule has 0 fully saturated rings. The lowest BCUT2D eigenvalue weighted by atomic mass is 9.98. The van der Waals surface area contributed by atoms with Crippen LogP contribution in [0.3, 0.4) is 0 Å². The number of nitrogens with zero attached hydrogens (tertiary/aromatic N) is 2. The number of ether oxygens (including phenoxy) is 1. The van der Waals surface area contributed by atoms with Gasteiger partial charge in [-0.3, -0.25) is 0 Å². The SMILES string of the molecule is COC(C)(C)[C@@H](N)c1nc(-c2cc(F)ccc2F)cn1Cc1ccccc1. The minimum atomic E-state index is -0.683. The van der Waals surface area contributed by atoms with Crippen molar-refractivity contribution in [2.24, 2.45) is 5.73 Å². The summed E-state index contributed by atoms with van der Waals surface area (Å²) in [5, 5.41) is 0. The number of methoxy groups -OCH3 is 1. The maximum atomic E-state index is 14.3. The molecule has 27 heavy (non-hydrogen) atoms. The molecular weight excluding hydrogens is 348 g/mol. The largest absolute Gasteiger partial charge is 0.377 e. The molecule has 0 unspecified atom stereocenters. The lowest BCUT2D eigenvalue weighted by Gasteiger charge is -2.30. The van der Waals surface area contributed by atoms with E-state index in [1.54, 1.807) is 13.3 Å². The van der Waals surface area contributed by atoms with Crippen molar-refractivity contribution in [3.63, 3.8) is 0 Å². The lowest BCUT2D eigenvalue weighted by molar-refractivity contribution is -0.00299. The molecule has 0 aliphatic carbocycles. The highest BCUT2D eigenvalue weighted by Crippen LogP contribution is 2.30. The van der Waals surface area contributed by atoms with Gasteiger partial charge >= 0.3 is 0 Å². The van der Waals surface area contributed by atoms with Gasteiger partial charge in [0.05, 0.1) is 17.3 Å². The zero-order valence-electron chi connectivity index (χ0n) is 15.6. The van der Waals surface area contributed by atoms with Crippen molar-refractivity contribution in [2.45, 2.75) is 32.0 Å². The monoisotopic (exact) mass is 371 g/mol. The first-order valence-electron chi connectivity index (χ1n) is 8.69. The third kappa shape index (κ3) is 4.07. The quantitative estimate of drug-likeness (QED) is 0.703. The van der Waals surface area contributed by atoms with E-state index in [0.717, 1.165) is 23.8 Å². The summed E-state index contributed by atoms with van der Waals surface area (Å²) in [7, 11) is 1.58. The fourth-order valence-electron chi connectivity index (χ4n) is 2.85. The predicted molar refractivity (Wildman–Crippen MR) is 101 cm³/mol. The number of halogens is 2. The van der Waals surface area contributed by atoms with Gasteiger partial charge in [0.15, 0.2) is 0 Å². The lowest BCUT2D eigenvalue weighted by Crippen LogP contribution is -2.39. The molecular formula is C21H23F2N3O. The molecule has 0 aliphatic heterocycles. The van der Waals surface area contributed by atoms with Gasteiger partial charge in [-0.2, -0.15) is 0 Å². The Bertz CT molecular complexity index is 922. The summed E-state index contributed by atoms with van der Waals surface area (Å²) in [4.78, 5) is 4.54. The molecule has 0 aliphatic rings. The highest BCUT2D eigenvalue weighted by Gasteiger charge is 2.31. The topological polar surface area (TPSA) is 53.1 Å². The Kier molecular flexibility index (Phi) is 5.39. The van der Waals surface area contributed by atoms with E-state index in [4.69, 9.17) is 10.5 Å². The van der Waals surface area contributed by atoms with E-state index in [1.165, 1.54) is 0 Å². The summed E-state index contributed by atoms with van der Waals surface area (Å²) in [6.07, 6.45) is 1.70. The minimum Gasteiger partial charge on any atom is -0.377 e. The number of hydrogen-bond acceptors (Lipinski definition) is 3. The van der Waals surface area contributed by atoms with Gasteiger partial charge in [0.1, 0.15) is 17.5 Å².